The summed E-state index contributed by atoms with van der Waals surface area (Å²) in [6.07, 6.45) is -0.0320. The van der Waals surface area contributed by atoms with Crippen molar-refractivity contribution in [3.05, 3.63) is 0 Å². The van der Waals surface area contributed by atoms with Gasteiger partial charge in [-0.2, -0.15) is 0 Å². The molecule has 0 bridgehead atoms. The number of rotatable bonds is 5. The Morgan fingerprint density at radius 2 is 1.81 bits per heavy atom. The van der Waals surface area contributed by atoms with Crippen LogP contribution in [0.15, 0.2) is 0 Å². The highest BCUT2D eigenvalue weighted by molar-refractivity contribution is 6.03. The van der Waals surface area contributed by atoms with E-state index in [1.807, 2.05) is 0 Å². The van der Waals surface area contributed by atoms with Crippen molar-refractivity contribution >= 4 is 11.9 Å². The number of carboxylic acid groups (broad SMARTS) is 1. The fourth-order valence-electron chi connectivity index (χ4n) is 1.02. The van der Waals surface area contributed by atoms with E-state index >= 15 is 0 Å². The first-order chi connectivity index (χ1) is 7.13. The number of ether oxygens (including phenoxy) is 1. The number of esters is 1. The van der Waals surface area contributed by atoms with Crippen LogP contribution in [-0.2, 0) is 14.3 Å². The highest BCUT2D eigenvalue weighted by Gasteiger charge is 2.44. The Morgan fingerprint density at radius 1 is 1.31 bits per heavy atom. The second-order valence-corrected chi connectivity index (χ2v) is 4.61. The van der Waals surface area contributed by atoms with Gasteiger partial charge in [0, 0.05) is 6.61 Å². The van der Waals surface area contributed by atoms with Crippen LogP contribution < -0.4 is 5.73 Å². The van der Waals surface area contributed by atoms with E-state index in [1.54, 1.807) is 20.8 Å². The van der Waals surface area contributed by atoms with Gasteiger partial charge < -0.3 is 20.7 Å². The van der Waals surface area contributed by atoms with E-state index in [-0.39, 0.29) is 19.4 Å². The monoisotopic (exact) mass is 233 g/mol. The highest BCUT2D eigenvalue weighted by atomic mass is 16.6. The van der Waals surface area contributed by atoms with Gasteiger partial charge in [-0.25, -0.2) is 9.59 Å². The number of hydrogen-bond acceptors (Lipinski definition) is 5. The quantitative estimate of drug-likeness (QED) is 0.451. The molecule has 0 aromatic heterocycles. The van der Waals surface area contributed by atoms with Crippen molar-refractivity contribution < 1.29 is 24.5 Å². The molecule has 94 valence electrons. The van der Waals surface area contributed by atoms with Gasteiger partial charge in [-0.15, -0.1) is 0 Å². The number of hydrogen-bond donors (Lipinski definition) is 3. The molecule has 0 saturated heterocycles. The summed E-state index contributed by atoms with van der Waals surface area (Å²) >= 11 is 0. The maximum absolute atomic E-state index is 11.6. The molecule has 0 aromatic rings. The Bertz CT molecular complexity index is 271. The van der Waals surface area contributed by atoms with Crippen LogP contribution in [0.4, 0.5) is 0 Å². The van der Waals surface area contributed by atoms with Gasteiger partial charge in [0.2, 0.25) is 5.54 Å². The number of carbonyl (C=O) groups is 2. The van der Waals surface area contributed by atoms with Crippen LogP contribution in [0, 0.1) is 0 Å². The third-order valence-electron chi connectivity index (χ3n) is 1.87. The summed E-state index contributed by atoms with van der Waals surface area (Å²) in [6.45, 7) is 4.65. The molecule has 0 aliphatic heterocycles. The van der Waals surface area contributed by atoms with Crippen LogP contribution >= 0.6 is 0 Å². The summed E-state index contributed by atoms with van der Waals surface area (Å²) in [6, 6.07) is 0. The van der Waals surface area contributed by atoms with E-state index in [1.165, 1.54) is 0 Å². The molecule has 1 atom stereocenters. The minimum atomic E-state index is -2.09. The predicted molar refractivity (Wildman–Crippen MR) is 56.7 cm³/mol. The molecule has 6 heteroatoms. The molecule has 0 amide bonds. The first-order valence-electron chi connectivity index (χ1n) is 5.00. The molecule has 4 N–H and O–H groups in total. The molecule has 0 aromatic carbocycles. The van der Waals surface area contributed by atoms with E-state index in [4.69, 9.17) is 20.7 Å². The lowest BCUT2D eigenvalue weighted by atomic mass is 9.94. The predicted octanol–water partition coefficient (Wildman–Crippen LogP) is -0.117. The zero-order valence-electron chi connectivity index (χ0n) is 9.82. The fraction of sp³-hybridized carbons (Fsp3) is 0.800. The van der Waals surface area contributed by atoms with Crippen molar-refractivity contribution in [3.8, 4) is 0 Å². The molecule has 0 heterocycles. The van der Waals surface area contributed by atoms with Gasteiger partial charge >= 0.3 is 11.9 Å². The Morgan fingerprint density at radius 3 is 2.12 bits per heavy atom. The van der Waals surface area contributed by atoms with Crippen LogP contribution in [0.3, 0.4) is 0 Å². The third-order valence-corrected chi connectivity index (χ3v) is 1.87. The Kier molecular flexibility index (Phi) is 4.89. The molecule has 0 aliphatic carbocycles. The van der Waals surface area contributed by atoms with Crippen LogP contribution in [0.1, 0.15) is 33.6 Å². The zero-order valence-corrected chi connectivity index (χ0v) is 9.82. The number of nitrogens with two attached hydrogens (primary N) is 1. The first kappa shape index (κ1) is 14.9. The van der Waals surface area contributed by atoms with E-state index in [9.17, 15) is 9.59 Å². The average molecular weight is 233 g/mol. The van der Waals surface area contributed by atoms with Crippen molar-refractivity contribution in [1.82, 2.24) is 0 Å². The molecule has 0 saturated carbocycles. The lowest BCUT2D eigenvalue weighted by Crippen LogP contribution is -2.57. The topological polar surface area (TPSA) is 110 Å². The summed E-state index contributed by atoms with van der Waals surface area (Å²) in [4.78, 5) is 22.6. The molecule has 0 rings (SSSR count). The highest BCUT2D eigenvalue weighted by Crippen LogP contribution is 2.17. The summed E-state index contributed by atoms with van der Waals surface area (Å²) in [7, 11) is 0. The molecule has 0 spiro atoms. The van der Waals surface area contributed by atoms with Gasteiger partial charge in [-0.3, -0.25) is 0 Å². The SMILES string of the molecule is CC(C)(C)OC(=O)C(N)(CCCO)C(=O)O. The van der Waals surface area contributed by atoms with Crippen molar-refractivity contribution in [2.24, 2.45) is 5.73 Å². The lowest BCUT2D eigenvalue weighted by Gasteiger charge is -2.27. The Labute approximate surface area is 94.4 Å². The summed E-state index contributed by atoms with van der Waals surface area (Å²) in [5, 5.41) is 17.5. The number of carboxylic acids is 1. The van der Waals surface area contributed by atoms with Crippen LogP contribution in [0.25, 0.3) is 0 Å². The van der Waals surface area contributed by atoms with Gasteiger partial charge in [0.05, 0.1) is 0 Å². The van der Waals surface area contributed by atoms with Crippen LogP contribution in [0.2, 0.25) is 0 Å². The van der Waals surface area contributed by atoms with Crippen molar-refractivity contribution in [2.75, 3.05) is 6.61 Å². The Balaban J connectivity index is 4.77. The molecule has 0 aliphatic rings. The van der Waals surface area contributed by atoms with E-state index in [2.05, 4.69) is 0 Å². The normalized spacial score (nSPS) is 15.3. The maximum Gasteiger partial charge on any atom is 0.338 e. The first-order valence-corrected chi connectivity index (χ1v) is 5.00. The third kappa shape index (κ3) is 4.16. The van der Waals surface area contributed by atoms with Gasteiger partial charge in [-0.1, -0.05) is 0 Å². The minimum Gasteiger partial charge on any atom is -0.479 e. The standard InChI is InChI=1S/C10H19NO5/c1-9(2,3)16-8(15)10(11,7(13)14)5-4-6-12/h12H,4-6,11H2,1-3H3,(H,13,14). The van der Waals surface area contributed by atoms with Gasteiger partial charge in [0.15, 0.2) is 0 Å². The average Bonchev–Trinajstić information content (AvgIpc) is 2.10. The fourth-order valence-corrected chi connectivity index (χ4v) is 1.02. The number of aliphatic hydroxyl groups excluding tert-OH is 1. The van der Waals surface area contributed by atoms with Crippen LogP contribution in [-0.4, -0.2) is 39.9 Å². The zero-order chi connectivity index (χ0) is 13.0. The lowest BCUT2D eigenvalue weighted by molar-refractivity contribution is -0.169. The summed E-state index contributed by atoms with van der Waals surface area (Å²) < 4.78 is 4.93. The number of aliphatic carboxylic acids is 1. The van der Waals surface area contributed by atoms with Gasteiger partial charge in [-0.05, 0) is 33.6 Å². The molecular formula is C10H19NO5. The number of carbonyl (C=O) groups excluding carboxylic acids is 1. The van der Waals surface area contributed by atoms with Crippen molar-refractivity contribution in [3.63, 3.8) is 0 Å². The Hall–Kier alpha value is -1.14. The van der Waals surface area contributed by atoms with E-state index < -0.39 is 23.1 Å². The molecule has 0 radical (unpaired) electrons. The van der Waals surface area contributed by atoms with Crippen molar-refractivity contribution in [1.29, 1.82) is 0 Å². The molecular weight excluding hydrogens is 214 g/mol. The summed E-state index contributed by atoms with van der Waals surface area (Å²) in [5.41, 5.74) is 2.61. The van der Waals surface area contributed by atoms with E-state index in [0.29, 0.717) is 0 Å². The second-order valence-electron chi connectivity index (χ2n) is 4.61. The molecule has 0 fully saturated rings. The second kappa shape index (κ2) is 5.27. The number of aliphatic hydroxyl groups is 1. The van der Waals surface area contributed by atoms with Crippen molar-refractivity contribution in [2.45, 2.75) is 44.8 Å². The van der Waals surface area contributed by atoms with Gasteiger partial charge in [0.1, 0.15) is 5.60 Å². The molecule has 6 nitrogen and oxygen atoms in total. The largest absolute Gasteiger partial charge is 0.479 e. The smallest absolute Gasteiger partial charge is 0.338 e. The minimum absolute atomic E-state index is 0.127. The molecule has 1 unspecified atom stereocenters. The maximum atomic E-state index is 11.6. The molecule has 16 heavy (non-hydrogen) atoms. The van der Waals surface area contributed by atoms with Gasteiger partial charge in [0.25, 0.3) is 0 Å². The van der Waals surface area contributed by atoms with E-state index in [0.717, 1.165) is 0 Å². The van der Waals surface area contributed by atoms with Crippen LogP contribution in [0.5, 0.6) is 0 Å². The summed E-state index contributed by atoms with van der Waals surface area (Å²) in [5.74, 6) is -2.43.